The monoisotopic (exact) mass is 489 g/mol. The first-order valence-corrected chi connectivity index (χ1v) is 12.1. The number of nitrogens with two attached hydrogens (primary N) is 1. The van der Waals surface area contributed by atoms with Gasteiger partial charge in [0.05, 0.1) is 10.5 Å². The van der Waals surface area contributed by atoms with Crippen molar-refractivity contribution in [3.63, 3.8) is 0 Å². The number of carbonyl (C=O) groups is 1. The van der Waals surface area contributed by atoms with E-state index in [0.717, 1.165) is 16.5 Å². The second-order valence-corrected chi connectivity index (χ2v) is 9.85. The topological polar surface area (TPSA) is 93.4 Å². The van der Waals surface area contributed by atoms with Gasteiger partial charge in [0.25, 0.3) is 15.9 Å². The SMILES string of the molecule is Cc1ccc(C(=O)N(N)S(=O)(=O)c2c(C)cccc2Cl)cc1C#Cc1cnc2ccccc2c1. The Morgan fingerprint density at radius 2 is 1.74 bits per heavy atom. The van der Waals surface area contributed by atoms with Crippen molar-refractivity contribution in [2.24, 2.45) is 5.84 Å². The summed E-state index contributed by atoms with van der Waals surface area (Å²) in [6, 6.07) is 19.0. The van der Waals surface area contributed by atoms with Gasteiger partial charge in [-0.1, -0.05) is 59.8 Å². The van der Waals surface area contributed by atoms with Crippen LogP contribution in [0.2, 0.25) is 5.02 Å². The minimum absolute atomic E-state index is 0.0114. The number of nitrogens with zero attached hydrogens (tertiary/aromatic N) is 2. The molecule has 0 aliphatic rings. The van der Waals surface area contributed by atoms with E-state index in [4.69, 9.17) is 17.4 Å². The van der Waals surface area contributed by atoms with Crippen molar-refractivity contribution in [2.75, 3.05) is 0 Å². The lowest BCUT2D eigenvalue weighted by Gasteiger charge is -2.19. The van der Waals surface area contributed by atoms with Crippen LogP contribution >= 0.6 is 11.6 Å². The predicted octanol–water partition coefficient (Wildman–Crippen LogP) is 4.61. The third kappa shape index (κ3) is 4.52. The highest BCUT2D eigenvalue weighted by atomic mass is 35.5. The van der Waals surface area contributed by atoms with Crippen LogP contribution in [0.25, 0.3) is 10.9 Å². The Bertz CT molecular complexity index is 1580. The van der Waals surface area contributed by atoms with E-state index >= 15 is 0 Å². The van der Waals surface area contributed by atoms with Gasteiger partial charge in [-0.15, -0.1) is 0 Å². The van der Waals surface area contributed by atoms with Crippen molar-refractivity contribution in [1.29, 1.82) is 0 Å². The molecule has 8 heteroatoms. The quantitative estimate of drug-likeness (QED) is 0.196. The molecule has 0 aliphatic heterocycles. The molecule has 0 radical (unpaired) electrons. The summed E-state index contributed by atoms with van der Waals surface area (Å²) in [5, 5.41) is 0.955. The molecule has 170 valence electrons. The van der Waals surface area contributed by atoms with Crippen LogP contribution in [-0.4, -0.2) is 23.7 Å². The maximum Gasteiger partial charge on any atom is 0.282 e. The molecule has 34 heavy (non-hydrogen) atoms. The molecule has 0 spiro atoms. The van der Waals surface area contributed by atoms with Gasteiger partial charge >= 0.3 is 0 Å². The zero-order valence-electron chi connectivity index (χ0n) is 18.4. The summed E-state index contributed by atoms with van der Waals surface area (Å²) < 4.78 is 26.3. The average molecular weight is 490 g/mol. The lowest BCUT2D eigenvalue weighted by molar-refractivity contribution is 0.0861. The summed E-state index contributed by atoms with van der Waals surface area (Å²) in [5.74, 6) is 11.0. The zero-order chi connectivity index (χ0) is 24.5. The van der Waals surface area contributed by atoms with Gasteiger partial charge in [-0.2, -0.15) is 12.8 Å². The maximum absolute atomic E-state index is 13.0. The minimum atomic E-state index is -4.36. The van der Waals surface area contributed by atoms with E-state index in [2.05, 4.69) is 16.8 Å². The summed E-state index contributed by atoms with van der Waals surface area (Å²) in [4.78, 5) is 17.2. The normalized spacial score (nSPS) is 11.1. The second-order valence-electron chi connectivity index (χ2n) is 7.69. The van der Waals surface area contributed by atoms with Crippen molar-refractivity contribution in [2.45, 2.75) is 18.7 Å². The maximum atomic E-state index is 13.0. The van der Waals surface area contributed by atoms with Crippen molar-refractivity contribution in [1.82, 2.24) is 9.40 Å². The number of aryl methyl sites for hydroxylation is 2. The molecule has 2 N–H and O–H groups in total. The third-order valence-corrected chi connectivity index (χ3v) is 7.47. The fourth-order valence-corrected chi connectivity index (χ4v) is 5.27. The molecule has 6 nitrogen and oxygen atoms in total. The number of hydrogen-bond acceptors (Lipinski definition) is 5. The summed E-state index contributed by atoms with van der Waals surface area (Å²) in [6.45, 7) is 3.43. The van der Waals surface area contributed by atoms with Crippen LogP contribution in [0, 0.1) is 25.7 Å². The lowest BCUT2D eigenvalue weighted by atomic mass is 10.0. The van der Waals surface area contributed by atoms with E-state index in [9.17, 15) is 13.2 Å². The molecule has 0 saturated heterocycles. The largest absolute Gasteiger partial charge is 0.282 e. The number of amides is 1. The van der Waals surface area contributed by atoms with Crippen LogP contribution in [-0.2, 0) is 10.0 Å². The first-order chi connectivity index (χ1) is 16.2. The Labute approximate surface area is 203 Å². The predicted molar refractivity (Wildman–Crippen MR) is 133 cm³/mol. The zero-order valence-corrected chi connectivity index (χ0v) is 20.0. The van der Waals surface area contributed by atoms with Crippen molar-refractivity contribution in [3.8, 4) is 11.8 Å². The number of hydrazine groups is 1. The number of benzene rings is 3. The van der Waals surface area contributed by atoms with Crippen molar-refractivity contribution < 1.29 is 13.2 Å². The lowest BCUT2D eigenvalue weighted by Crippen LogP contribution is -2.42. The molecule has 0 atom stereocenters. The van der Waals surface area contributed by atoms with E-state index in [1.807, 2.05) is 37.3 Å². The molecule has 0 bridgehead atoms. The number of para-hydroxylation sites is 1. The Morgan fingerprint density at radius 1 is 0.971 bits per heavy atom. The number of hydrogen-bond donors (Lipinski definition) is 1. The van der Waals surface area contributed by atoms with E-state index in [-0.39, 0.29) is 19.9 Å². The highest BCUT2D eigenvalue weighted by Crippen LogP contribution is 2.27. The van der Waals surface area contributed by atoms with Gasteiger partial charge in [-0.25, -0.2) is 5.84 Å². The number of sulfonamides is 1. The molecule has 4 aromatic rings. The molecule has 3 aromatic carbocycles. The van der Waals surface area contributed by atoms with Gasteiger partial charge in [0.2, 0.25) is 0 Å². The molecule has 1 aromatic heterocycles. The number of carbonyl (C=O) groups excluding carboxylic acids is 1. The molecular weight excluding hydrogens is 470 g/mol. The summed E-state index contributed by atoms with van der Waals surface area (Å²) in [5.41, 5.74) is 3.45. The Hall–Kier alpha value is -3.70. The number of halogens is 1. The van der Waals surface area contributed by atoms with Crippen molar-refractivity contribution in [3.05, 3.63) is 106 Å². The first-order valence-electron chi connectivity index (χ1n) is 10.3. The van der Waals surface area contributed by atoms with E-state index in [1.165, 1.54) is 18.2 Å². The number of rotatable bonds is 3. The molecule has 1 amide bonds. The fourth-order valence-electron chi connectivity index (χ4n) is 3.45. The minimum Gasteiger partial charge on any atom is -0.266 e. The van der Waals surface area contributed by atoms with Gasteiger partial charge < -0.3 is 0 Å². The summed E-state index contributed by atoms with van der Waals surface area (Å²) >= 11 is 6.09. The van der Waals surface area contributed by atoms with Crippen LogP contribution in [0.1, 0.15) is 32.6 Å². The van der Waals surface area contributed by atoms with Crippen molar-refractivity contribution >= 4 is 38.4 Å². The Morgan fingerprint density at radius 3 is 2.50 bits per heavy atom. The van der Waals surface area contributed by atoms with Gasteiger partial charge in [0.15, 0.2) is 0 Å². The van der Waals surface area contributed by atoms with E-state index in [0.29, 0.717) is 16.7 Å². The Balaban J connectivity index is 1.66. The summed E-state index contributed by atoms with van der Waals surface area (Å²) in [6.07, 6.45) is 1.68. The molecule has 0 unspecified atom stereocenters. The smallest absolute Gasteiger partial charge is 0.266 e. The molecule has 0 fully saturated rings. The van der Waals surface area contributed by atoms with Crippen LogP contribution in [0.4, 0.5) is 0 Å². The van der Waals surface area contributed by atoms with Gasteiger partial charge in [-0.05, 0) is 55.3 Å². The summed E-state index contributed by atoms with van der Waals surface area (Å²) in [7, 11) is -4.36. The molecule has 0 saturated carbocycles. The average Bonchev–Trinajstić information content (AvgIpc) is 2.82. The van der Waals surface area contributed by atoms with E-state index < -0.39 is 15.9 Å². The fraction of sp³-hybridized carbons (Fsp3) is 0.0769. The number of pyridine rings is 1. The van der Waals surface area contributed by atoms with Crippen LogP contribution in [0.15, 0.2) is 77.8 Å². The van der Waals surface area contributed by atoms with Gasteiger partial charge in [0, 0.05) is 28.3 Å². The molecule has 1 heterocycles. The standard InChI is InChI=1S/C26H20ClN3O3S/c1-17-10-12-22(26(31)30(28)34(32,33)25-18(2)6-5-8-23(25)27)15-20(17)13-11-19-14-21-7-3-4-9-24(21)29-16-19/h3-10,12,14-16H,28H2,1-2H3. The molecule has 0 aliphatic carbocycles. The second kappa shape index (κ2) is 9.27. The highest BCUT2D eigenvalue weighted by Gasteiger charge is 2.31. The first kappa shape index (κ1) is 23.5. The van der Waals surface area contributed by atoms with Gasteiger partial charge in [0.1, 0.15) is 4.90 Å². The van der Waals surface area contributed by atoms with Crippen LogP contribution in [0.5, 0.6) is 0 Å². The number of aromatic nitrogens is 1. The highest BCUT2D eigenvalue weighted by molar-refractivity contribution is 7.89. The molecular formula is C26H20ClN3O3S. The Kier molecular flexibility index (Phi) is 6.40. The third-order valence-electron chi connectivity index (χ3n) is 5.30. The molecule has 4 rings (SSSR count). The van der Waals surface area contributed by atoms with Crippen LogP contribution in [0.3, 0.4) is 0 Å². The van der Waals surface area contributed by atoms with Gasteiger partial charge in [-0.3, -0.25) is 9.78 Å². The van der Waals surface area contributed by atoms with Crippen LogP contribution < -0.4 is 5.84 Å². The van der Waals surface area contributed by atoms with E-state index in [1.54, 1.807) is 31.3 Å². The number of fused-ring (bicyclic) bond motifs is 1.